The van der Waals surface area contributed by atoms with E-state index in [1.807, 2.05) is 0 Å². The molecule has 0 saturated heterocycles. The van der Waals surface area contributed by atoms with Crippen LogP contribution in [0.2, 0.25) is 0 Å². The minimum Gasteiger partial charge on any atom is -0.357 e. The second-order valence-corrected chi connectivity index (χ2v) is 7.63. The molecule has 2 heterocycles. The lowest BCUT2D eigenvalue weighted by Crippen LogP contribution is -2.42. The molecule has 0 amide bonds. The number of aliphatic imine (C=N–C) groups is 1. The summed E-state index contributed by atoms with van der Waals surface area (Å²) in [7, 11) is 0. The second kappa shape index (κ2) is 7.79. The standard InChI is InChI=1S/C17H32N6/c1-6-18-16(20-13(2)9-10-17(3,4)5)19-12-15-22-21-14-8-7-11-23(14)15/h13H,6-12H2,1-5H3,(H2,18,19,20). The Bertz CT molecular complexity index is 526. The van der Waals surface area contributed by atoms with Crippen molar-refractivity contribution in [3.05, 3.63) is 11.6 Å². The zero-order valence-corrected chi connectivity index (χ0v) is 15.3. The number of guanidine groups is 1. The minimum atomic E-state index is 0.369. The Hall–Kier alpha value is -1.59. The summed E-state index contributed by atoms with van der Waals surface area (Å²) < 4.78 is 2.20. The Balaban J connectivity index is 1.91. The zero-order chi connectivity index (χ0) is 16.9. The normalized spacial score (nSPS) is 16.3. The molecule has 0 spiro atoms. The average Bonchev–Trinajstić information content (AvgIpc) is 3.06. The van der Waals surface area contributed by atoms with Crippen molar-refractivity contribution in [3.63, 3.8) is 0 Å². The zero-order valence-electron chi connectivity index (χ0n) is 15.3. The SMILES string of the molecule is CCNC(=NCc1nnc2n1CCC2)NC(C)CCC(C)(C)C. The monoisotopic (exact) mass is 320 g/mol. The molecular formula is C17H32N6. The number of aryl methyl sites for hydroxylation is 1. The number of nitrogens with zero attached hydrogens (tertiary/aromatic N) is 4. The summed E-state index contributed by atoms with van der Waals surface area (Å²) in [4.78, 5) is 4.69. The molecule has 1 aromatic heterocycles. The molecule has 1 aliphatic heterocycles. The molecule has 6 heteroatoms. The number of rotatable bonds is 6. The maximum Gasteiger partial charge on any atom is 0.191 e. The summed E-state index contributed by atoms with van der Waals surface area (Å²) in [6.45, 7) is 13.6. The summed E-state index contributed by atoms with van der Waals surface area (Å²) in [6, 6.07) is 0.399. The molecule has 0 aliphatic carbocycles. The number of hydrogen-bond acceptors (Lipinski definition) is 3. The highest BCUT2D eigenvalue weighted by Gasteiger charge is 2.17. The van der Waals surface area contributed by atoms with Gasteiger partial charge in [-0.15, -0.1) is 10.2 Å². The van der Waals surface area contributed by atoms with E-state index in [1.165, 1.54) is 12.8 Å². The third kappa shape index (κ3) is 5.52. The van der Waals surface area contributed by atoms with Crippen LogP contribution in [0.1, 0.15) is 65.5 Å². The van der Waals surface area contributed by atoms with Gasteiger partial charge in [-0.25, -0.2) is 4.99 Å². The first-order valence-electron chi connectivity index (χ1n) is 8.85. The smallest absolute Gasteiger partial charge is 0.191 e. The van der Waals surface area contributed by atoms with Crippen molar-refractivity contribution in [3.8, 4) is 0 Å². The summed E-state index contributed by atoms with van der Waals surface area (Å²) in [5, 5.41) is 15.3. The Morgan fingerprint density at radius 3 is 2.83 bits per heavy atom. The van der Waals surface area contributed by atoms with Gasteiger partial charge in [0, 0.05) is 25.6 Å². The lowest BCUT2D eigenvalue weighted by Gasteiger charge is -2.23. The summed E-state index contributed by atoms with van der Waals surface area (Å²) in [6.07, 6.45) is 4.54. The van der Waals surface area contributed by atoms with Gasteiger partial charge in [-0.05, 0) is 38.5 Å². The van der Waals surface area contributed by atoms with Crippen molar-refractivity contribution in [2.45, 2.75) is 79.4 Å². The fourth-order valence-corrected chi connectivity index (χ4v) is 2.75. The molecule has 1 aromatic rings. The molecule has 2 rings (SSSR count). The molecule has 2 N–H and O–H groups in total. The van der Waals surface area contributed by atoms with E-state index >= 15 is 0 Å². The quantitative estimate of drug-likeness (QED) is 0.624. The highest BCUT2D eigenvalue weighted by atomic mass is 15.3. The lowest BCUT2D eigenvalue weighted by molar-refractivity contribution is 0.346. The number of hydrogen-bond donors (Lipinski definition) is 2. The third-order valence-corrected chi connectivity index (χ3v) is 4.12. The third-order valence-electron chi connectivity index (χ3n) is 4.12. The van der Waals surface area contributed by atoms with Gasteiger partial charge in [0.25, 0.3) is 0 Å². The lowest BCUT2D eigenvalue weighted by atomic mass is 9.89. The van der Waals surface area contributed by atoms with E-state index < -0.39 is 0 Å². The van der Waals surface area contributed by atoms with Gasteiger partial charge in [-0.1, -0.05) is 20.8 Å². The molecule has 0 bridgehead atoms. The van der Waals surface area contributed by atoms with Crippen LogP contribution in [-0.4, -0.2) is 33.3 Å². The fraction of sp³-hybridized carbons (Fsp3) is 0.824. The van der Waals surface area contributed by atoms with Crippen molar-refractivity contribution in [2.75, 3.05) is 6.54 Å². The van der Waals surface area contributed by atoms with Crippen LogP contribution in [0, 0.1) is 5.41 Å². The maximum atomic E-state index is 4.69. The molecule has 0 radical (unpaired) electrons. The van der Waals surface area contributed by atoms with Crippen LogP contribution in [0.15, 0.2) is 4.99 Å². The second-order valence-electron chi connectivity index (χ2n) is 7.63. The average molecular weight is 320 g/mol. The van der Waals surface area contributed by atoms with Gasteiger partial charge in [0.2, 0.25) is 0 Å². The first-order chi connectivity index (χ1) is 10.9. The summed E-state index contributed by atoms with van der Waals surface area (Å²) in [5.74, 6) is 2.94. The van der Waals surface area contributed by atoms with Gasteiger partial charge >= 0.3 is 0 Å². The van der Waals surface area contributed by atoms with E-state index in [4.69, 9.17) is 0 Å². The predicted octanol–water partition coefficient (Wildman–Crippen LogP) is 2.49. The molecule has 23 heavy (non-hydrogen) atoms. The molecule has 0 fully saturated rings. The van der Waals surface area contributed by atoms with Crippen LogP contribution in [0.4, 0.5) is 0 Å². The maximum absolute atomic E-state index is 4.69. The Kier molecular flexibility index (Phi) is 6.02. The van der Waals surface area contributed by atoms with Gasteiger partial charge in [0.15, 0.2) is 11.8 Å². The van der Waals surface area contributed by atoms with E-state index in [0.29, 0.717) is 18.0 Å². The molecular weight excluding hydrogens is 288 g/mol. The van der Waals surface area contributed by atoms with Crippen molar-refractivity contribution in [1.29, 1.82) is 0 Å². The highest BCUT2D eigenvalue weighted by molar-refractivity contribution is 5.79. The number of fused-ring (bicyclic) bond motifs is 1. The van der Waals surface area contributed by atoms with Gasteiger partial charge in [-0.2, -0.15) is 0 Å². The first kappa shape index (κ1) is 17.8. The predicted molar refractivity (Wildman–Crippen MR) is 94.4 cm³/mol. The molecule has 0 saturated carbocycles. The van der Waals surface area contributed by atoms with E-state index in [1.54, 1.807) is 0 Å². The van der Waals surface area contributed by atoms with E-state index in [-0.39, 0.29) is 0 Å². The Morgan fingerprint density at radius 1 is 1.35 bits per heavy atom. The van der Waals surface area contributed by atoms with Crippen LogP contribution in [0.25, 0.3) is 0 Å². The minimum absolute atomic E-state index is 0.369. The van der Waals surface area contributed by atoms with E-state index in [9.17, 15) is 0 Å². The van der Waals surface area contributed by atoms with Crippen molar-refractivity contribution >= 4 is 5.96 Å². The van der Waals surface area contributed by atoms with Crippen LogP contribution in [0.5, 0.6) is 0 Å². The molecule has 1 unspecified atom stereocenters. The molecule has 1 aliphatic rings. The summed E-state index contributed by atoms with van der Waals surface area (Å²) in [5.41, 5.74) is 0.369. The van der Waals surface area contributed by atoms with Gasteiger partial charge in [0.1, 0.15) is 12.4 Å². The van der Waals surface area contributed by atoms with Crippen LogP contribution in [-0.2, 0) is 19.5 Å². The number of aromatic nitrogens is 3. The van der Waals surface area contributed by atoms with E-state index in [2.05, 4.69) is 65.0 Å². The Labute approximate surface area is 140 Å². The Morgan fingerprint density at radius 2 is 2.13 bits per heavy atom. The largest absolute Gasteiger partial charge is 0.357 e. The van der Waals surface area contributed by atoms with Gasteiger partial charge in [-0.3, -0.25) is 0 Å². The summed E-state index contributed by atoms with van der Waals surface area (Å²) >= 11 is 0. The topological polar surface area (TPSA) is 67.1 Å². The van der Waals surface area contributed by atoms with E-state index in [0.717, 1.165) is 43.5 Å². The van der Waals surface area contributed by atoms with Crippen LogP contribution in [0.3, 0.4) is 0 Å². The van der Waals surface area contributed by atoms with Gasteiger partial charge in [0.05, 0.1) is 0 Å². The van der Waals surface area contributed by atoms with Crippen LogP contribution < -0.4 is 10.6 Å². The van der Waals surface area contributed by atoms with Crippen LogP contribution >= 0.6 is 0 Å². The first-order valence-corrected chi connectivity index (χ1v) is 8.85. The molecule has 0 aromatic carbocycles. The molecule has 6 nitrogen and oxygen atoms in total. The molecule has 1 atom stereocenters. The van der Waals surface area contributed by atoms with Crippen molar-refractivity contribution < 1.29 is 0 Å². The van der Waals surface area contributed by atoms with Gasteiger partial charge < -0.3 is 15.2 Å². The van der Waals surface area contributed by atoms with Crippen molar-refractivity contribution in [2.24, 2.45) is 10.4 Å². The molecule has 130 valence electrons. The fourth-order valence-electron chi connectivity index (χ4n) is 2.75. The van der Waals surface area contributed by atoms with Crippen molar-refractivity contribution in [1.82, 2.24) is 25.4 Å². The highest BCUT2D eigenvalue weighted by Crippen LogP contribution is 2.21. The number of nitrogens with one attached hydrogen (secondary N) is 2.